The molecule has 0 fully saturated rings. The Morgan fingerprint density at radius 3 is 2.83 bits per heavy atom. The van der Waals surface area contributed by atoms with Crippen molar-refractivity contribution < 1.29 is 14.4 Å². The van der Waals surface area contributed by atoms with E-state index in [9.17, 15) is 14.4 Å². The van der Waals surface area contributed by atoms with Crippen LogP contribution in [0.1, 0.15) is 21.9 Å². The normalized spacial score (nSPS) is 12.0. The molecular formula is C20H18N6O3S. The first-order valence-electron chi connectivity index (χ1n) is 9.09. The number of fused-ring (bicyclic) bond motifs is 1. The van der Waals surface area contributed by atoms with Crippen LogP contribution in [0.5, 0.6) is 0 Å². The molecule has 10 heteroatoms. The van der Waals surface area contributed by atoms with Crippen molar-refractivity contribution in [2.45, 2.75) is 19.4 Å². The van der Waals surface area contributed by atoms with Crippen LogP contribution in [-0.4, -0.2) is 43.2 Å². The van der Waals surface area contributed by atoms with Crippen LogP contribution in [0.15, 0.2) is 48.4 Å². The zero-order valence-corrected chi connectivity index (χ0v) is 16.8. The third-order valence-corrected chi connectivity index (χ3v) is 5.71. The number of H-pyrrole nitrogens is 1. The lowest BCUT2D eigenvalue weighted by atomic mass is 10.0. The Balaban J connectivity index is 1.64. The third kappa shape index (κ3) is 3.60. The highest BCUT2D eigenvalue weighted by atomic mass is 32.1. The number of Topliss-reactive ketones (excluding diaryl/α,β-unsaturated/α-hetero) is 1. The molecule has 4 rings (SSSR count). The van der Waals surface area contributed by atoms with Crippen molar-refractivity contribution in [2.75, 3.05) is 0 Å². The molecule has 1 atom stereocenters. The summed E-state index contributed by atoms with van der Waals surface area (Å²) in [4.78, 5) is 48.5. The number of carbonyl (C=O) groups excluding carboxylic acids is 3. The van der Waals surface area contributed by atoms with Crippen LogP contribution >= 0.6 is 11.3 Å². The lowest BCUT2D eigenvalue weighted by molar-refractivity contribution is -0.137. The van der Waals surface area contributed by atoms with E-state index in [2.05, 4.69) is 20.3 Å². The number of aryl methyl sites for hydroxylation is 1. The number of rotatable bonds is 7. The number of carbonyl (C=O) groups is 3. The van der Waals surface area contributed by atoms with Gasteiger partial charge < -0.3 is 16.0 Å². The van der Waals surface area contributed by atoms with Gasteiger partial charge in [-0.05, 0) is 30.0 Å². The van der Waals surface area contributed by atoms with Crippen LogP contribution in [0.4, 0.5) is 0 Å². The van der Waals surface area contributed by atoms with E-state index in [0.717, 1.165) is 15.6 Å². The van der Waals surface area contributed by atoms with Crippen molar-refractivity contribution in [2.24, 2.45) is 5.73 Å². The molecule has 9 nitrogen and oxygen atoms in total. The number of hydrogen-bond donors (Lipinski definition) is 3. The monoisotopic (exact) mass is 422 g/mol. The highest BCUT2D eigenvalue weighted by Crippen LogP contribution is 2.26. The molecule has 2 amide bonds. The number of pyridine rings is 1. The van der Waals surface area contributed by atoms with Gasteiger partial charge in [0.1, 0.15) is 23.4 Å². The number of thiophene rings is 1. The topological polar surface area (TPSA) is 136 Å². The average molecular weight is 422 g/mol. The van der Waals surface area contributed by atoms with Gasteiger partial charge in [0.15, 0.2) is 0 Å². The van der Waals surface area contributed by atoms with Crippen LogP contribution in [0.25, 0.3) is 15.9 Å². The molecule has 0 bridgehead atoms. The standard InChI is InChI=1S/C20H18N6O3S/c1-11-24-8-15(26(11)17-4-2-3-5-23-17)20(29)25-14(18(27)19(21)28)6-12-10-30-16-9-22-7-13(12)16/h2-5,7-10,14,22H,6H2,1H3,(H2,21,28)(H,25,29). The lowest BCUT2D eigenvalue weighted by Gasteiger charge is -2.17. The summed E-state index contributed by atoms with van der Waals surface area (Å²) in [6.07, 6.45) is 6.81. The lowest BCUT2D eigenvalue weighted by Crippen LogP contribution is -2.47. The van der Waals surface area contributed by atoms with Gasteiger partial charge in [-0.2, -0.15) is 0 Å². The first-order chi connectivity index (χ1) is 14.5. The highest BCUT2D eigenvalue weighted by Gasteiger charge is 2.28. The number of primary amides is 1. The van der Waals surface area contributed by atoms with Gasteiger partial charge in [-0.3, -0.25) is 19.0 Å². The molecule has 0 aliphatic rings. The van der Waals surface area contributed by atoms with Crippen molar-refractivity contribution in [3.8, 4) is 5.82 Å². The van der Waals surface area contributed by atoms with Crippen molar-refractivity contribution >= 4 is 39.0 Å². The number of imidazole rings is 1. The average Bonchev–Trinajstić information content (AvgIpc) is 3.44. The van der Waals surface area contributed by atoms with E-state index in [1.54, 1.807) is 35.9 Å². The molecule has 0 saturated carbocycles. The Hall–Kier alpha value is -3.79. The van der Waals surface area contributed by atoms with Gasteiger partial charge in [0, 0.05) is 30.4 Å². The molecule has 4 aromatic heterocycles. The molecule has 4 aromatic rings. The maximum absolute atomic E-state index is 13.0. The van der Waals surface area contributed by atoms with E-state index in [4.69, 9.17) is 5.73 Å². The molecule has 0 radical (unpaired) electrons. The first kappa shape index (κ1) is 19.5. The molecule has 0 saturated heterocycles. The second kappa shape index (κ2) is 7.91. The van der Waals surface area contributed by atoms with Crippen molar-refractivity contribution in [1.82, 2.24) is 24.8 Å². The Morgan fingerprint density at radius 1 is 1.27 bits per heavy atom. The molecular weight excluding hydrogens is 404 g/mol. The quantitative estimate of drug-likeness (QED) is 0.388. The minimum absolute atomic E-state index is 0.141. The van der Waals surface area contributed by atoms with Crippen molar-refractivity contribution in [1.29, 1.82) is 0 Å². The summed E-state index contributed by atoms with van der Waals surface area (Å²) in [5.74, 6) is -1.44. The summed E-state index contributed by atoms with van der Waals surface area (Å²) >= 11 is 1.51. The predicted molar refractivity (Wildman–Crippen MR) is 111 cm³/mol. The number of aromatic nitrogens is 4. The van der Waals surface area contributed by atoms with E-state index in [0.29, 0.717) is 11.6 Å². The summed E-state index contributed by atoms with van der Waals surface area (Å²) < 4.78 is 2.60. The van der Waals surface area contributed by atoms with Crippen LogP contribution in [-0.2, 0) is 16.0 Å². The number of amides is 2. The molecule has 0 aliphatic heterocycles. The van der Waals surface area contributed by atoms with E-state index < -0.39 is 23.6 Å². The van der Waals surface area contributed by atoms with Gasteiger partial charge >= 0.3 is 0 Å². The molecule has 0 aromatic carbocycles. The second-order valence-electron chi connectivity index (χ2n) is 6.67. The molecule has 0 spiro atoms. The second-order valence-corrected chi connectivity index (χ2v) is 7.58. The van der Waals surface area contributed by atoms with E-state index >= 15 is 0 Å². The fraction of sp³-hybridized carbons (Fsp3) is 0.150. The molecule has 152 valence electrons. The van der Waals surface area contributed by atoms with E-state index in [1.165, 1.54) is 17.5 Å². The maximum Gasteiger partial charge on any atom is 0.287 e. The summed E-state index contributed by atoms with van der Waals surface area (Å²) in [6, 6.07) is 4.20. The number of aromatic amines is 1. The first-order valence-corrected chi connectivity index (χ1v) is 9.96. The van der Waals surface area contributed by atoms with Crippen molar-refractivity contribution in [3.63, 3.8) is 0 Å². The smallest absolute Gasteiger partial charge is 0.287 e. The van der Waals surface area contributed by atoms with Crippen LogP contribution in [0, 0.1) is 6.92 Å². The van der Waals surface area contributed by atoms with Gasteiger partial charge in [-0.1, -0.05) is 6.07 Å². The van der Waals surface area contributed by atoms with Gasteiger partial charge in [0.05, 0.1) is 10.9 Å². The number of nitrogens with two attached hydrogens (primary N) is 1. The number of nitrogens with zero attached hydrogens (tertiary/aromatic N) is 3. The van der Waals surface area contributed by atoms with Crippen LogP contribution < -0.4 is 11.1 Å². The fourth-order valence-electron chi connectivity index (χ4n) is 3.27. The fourth-order valence-corrected chi connectivity index (χ4v) is 4.21. The Kier molecular flexibility index (Phi) is 5.15. The molecule has 4 N–H and O–H groups in total. The summed E-state index contributed by atoms with van der Waals surface area (Å²) in [5, 5.41) is 5.48. The number of nitrogens with one attached hydrogen (secondary N) is 2. The van der Waals surface area contributed by atoms with Gasteiger partial charge in [-0.15, -0.1) is 11.3 Å². The largest absolute Gasteiger partial charge is 0.366 e. The van der Waals surface area contributed by atoms with Gasteiger partial charge in [0.2, 0.25) is 5.78 Å². The van der Waals surface area contributed by atoms with Crippen molar-refractivity contribution in [3.05, 3.63) is 65.4 Å². The minimum Gasteiger partial charge on any atom is -0.366 e. The molecule has 4 heterocycles. The molecule has 1 unspecified atom stereocenters. The summed E-state index contributed by atoms with van der Waals surface area (Å²) in [6.45, 7) is 1.74. The highest BCUT2D eigenvalue weighted by molar-refractivity contribution is 7.17. The zero-order valence-electron chi connectivity index (χ0n) is 16.0. The van der Waals surface area contributed by atoms with E-state index in [1.807, 2.05) is 17.8 Å². The number of hydrogen-bond acceptors (Lipinski definition) is 6. The minimum atomic E-state index is -1.10. The Labute approximate surface area is 174 Å². The molecule has 0 aliphatic carbocycles. The predicted octanol–water partition coefficient (Wildman–Crippen LogP) is 1.51. The third-order valence-electron chi connectivity index (χ3n) is 4.72. The summed E-state index contributed by atoms with van der Waals surface area (Å²) in [7, 11) is 0. The Bertz CT molecular complexity index is 1240. The maximum atomic E-state index is 13.0. The van der Waals surface area contributed by atoms with E-state index in [-0.39, 0.29) is 12.1 Å². The van der Waals surface area contributed by atoms with Gasteiger partial charge in [-0.25, -0.2) is 9.97 Å². The summed E-state index contributed by atoms with van der Waals surface area (Å²) in [5.41, 5.74) is 6.27. The SMILES string of the molecule is Cc1ncc(C(=O)NC(Cc2csc3c[nH]cc23)C(=O)C(N)=O)n1-c1ccccn1. The molecule has 30 heavy (non-hydrogen) atoms. The van der Waals surface area contributed by atoms with Gasteiger partial charge in [0.25, 0.3) is 11.8 Å². The van der Waals surface area contributed by atoms with Crippen LogP contribution in [0.2, 0.25) is 0 Å². The zero-order chi connectivity index (χ0) is 21.3. The van der Waals surface area contributed by atoms with Crippen LogP contribution in [0.3, 0.4) is 0 Å². The Morgan fingerprint density at radius 2 is 2.10 bits per heavy atom. The number of ketones is 1.